The van der Waals surface area contributed by atoms with Crippen molar-refractivity contribution in [2.75, 3.05) is 6.54 Å². The first-order chi connectivity index (χ1) is 8.99. The lowest BCUT2D eigenvalue weighted by Gasteiger charge is -2.43. The third-order valence-electron chi connectivity index (χ3n) is 4.87. The molecule has 20 heavy (non-hydrogen) atoms. The van der Waals surface area contributed by atoms with E-state index in [0.29, 0.717) is 5.41 Å². The van der Waals surface area contributed by atoms with E-state index in [-0.39, 0.29) is 5.54 Å². The third kappa shape index (κ3) is 5.99. The summed E-state index contributed by atoms with van der Waals surface area (Å²) in [6, 6.07) is 0. The Morgan fingerprint density at radius 3 is 2.10 bits per heavy atom. The van der Waals surface area contributed by atoms with E-state index >= 15 is 0 Å². The van der Waals surface area contributed by atoms with Crippen LogP contribution >= 0.6 is 0 Å². The van der Waals surface area contributed by atoms with Crippen molar-refractivity contribution in [3.63, 3.8) is 0 Å². The van der Waals surface area contributed by atoms with Gasteiger partial charge in [-0.2, -0.15) is 0 Å². The molecular weight excluding hydrogens is 242 g/mol. The van der Waals surface area contributed by atoms with Crippen LogP contribution < -0.4 is 5.32 Å². The highest BCUT2D eigenvalue weighted by molar-refractivity contribution is 4.96. The second kappa shape index (κ2) is 6.64. The summed E-state index contributed by atoms with van der Waals surface area (Å²) in [6.07, 6.45) is 5.37. The molecule has 0 aromatic rings. The van der Waals surface area contributed by atoms with E-state index in [1.54, 1.807) is 0 Å². The van der Waals surface area contributed by atoms with E-state index in [1.807, 2.05) is 0 Å². The van der Waals surface area contributed by atoms with Crippen LogP contribution in [0.25, 0.3) is 0 Å². The van der Waals surface area contributed by atoms with Gasteiger partial charge >= 0.3 is 0 Å². The number of nitrogens with one attached hydrogen (secondary N) is 1. The fraction of sp³-hybridized carbons (Fsp3) is 0.895. The Kier molecular flexibility index (Phi) is 5.89. The van der Waals surface area contributed by atoms with E-state index in [2.05, 4.69) is 60.4 Å². The summed E-state index contributed by atoms with van der Waals surface area (Å²) in [5.74, 6) is 2.52. The second-order valence-electron chi connectivity index (χ2n) is 9.19. The Hall–Kier alpha value is -0.300. The van der Waals surface area contributed by atoms with Crippen molar-refractivity contribution in [2.45, 2.75) is 79.7 Å². The largest absolute Gasteiger partial charge is 0.312 e. The van der Waals surface area contributed by atoms with Crippen molar-refractivity contribution in [2.24, 2.45) is 23.2 Å². The zero-order chi connectivity index (χ0) is 15.6. The van der Waals surface area contributed by atoms with Gasteiger partial charge in [0.1, 0.15) is 0 Å². The Balaban J connectivity index is 2.67. The monoisotopic (exact) mass is 279 g/mol. The molecule has 1 heteroatoms. The zero-order valence-electron chi connectivity index (χ0n) is 15.0. The number of rotatable bonds is 4. The van der Waals surface area contributed by atoms with Crippen LogP contribution in [0.5, 0.6) is 0 Å². The molecule has 0 radical (unpaired) electrons. The van der Waals surface area contributed by atoms with Crippen LogP contribution in [0.15, 0.2) is 12.2 Å². The van der Waals surface area contributed by atoms with Gasteiger partial charge in [-0.1, -0.05) is 26.3 Å². The molecule has 0 saturated heterocycles. The van der Waals surface area contributed by atoms with Crippen LogP contribution in [0.4, 0.5) is 0 Å². The number of allylic oxidation sites excluding steroid dienone is 1. The zero-order valence-corrected chi connectivity index (χ0v) is 15.0. The lowest BCUT2D eigenvalue weighted by atomic mass is 9.64. The first-order valence-corrected chi connectivity index (χ1v) is 8.38. The summed E-state index contributed by atoms with van der Waals surface area (Å²) in [4.78, 5) is 0. The van der Waals surface area contributed by atoms with Crippen molar-refractivity contribution < 1.29 is 0 Å². The lowest BCUT2D eigenvalue weighted by molar-refractivity contribution is 0.0939. The molecule has 1 rings (SSSR count). The van der Waals surface area contributed by atoms with E-state index in [4.69, 9.17) is 0 Å². The average Bonchev–Trinajstić information content (AvgIpc) is 2.24. The quantitative estimate of drug-likeness (QED) is 0.678. The minimum absolute atomic E-state index is 0.231. The van der Waals surface area contributed by atoms with E-state index < -0.39 is 0 Å². The average molecular weight is 280 g/mol. The Morgan fingerprint density at radius 1 is 1.05 bits per heavy atom. The van der Waals surface area contributed by atoms with Crippen molar-refractivity contribution in [1.29, 1.82) is 0 Å². The summed E-state index contributed by atoms with van der Waals surface area (Å²) in [5, 5.41) is 3.72. The lowest BCUT2D eigenvalue weighted by Crippen LogP contribution is -2.43. The minimum Gasteiger partial charge on any atom is -0.312 e. The Bertz CT molecular complexity index is 316. The van der Waals surface area contributed by atoms with E-state index in [1.165, 1.54) is 31.3 Å². The highest BCUT2D eigenvalue weighted by Crippen LogP contribution is 2.44. The fourth-order valence-corrected chi connectivity index (χ4v) is 3.52. The van der Waals surface area contributed by atoms with Crippen LogP contribution in [0.2, 0.25) is 0 Å². The van der Waals surface area contributed by atoms with Crippen LogP contribution in [0.3, 0.4) is 0 Å². The normalized spacial score (nSPS) is 28.4. The van der Waals surface area contributed by atoms with Gasteiger partial charge in [-0.3, -0.25) is 0 Å². The maximum atomic E-state index is 4.16. The van der Waals surface area contributed by atoms with Crippen molar-refractivity contribution in [3.05, 3.63) is 12.2 Å². The Labute approximate surface area is 127 Å². The molecule has 1 aliphatic carbocycles. The van der Waals surface area contributed by atoms with Gasteiger partial charge in [-0.15, -0.1) is 6.58 Å². The summed E-state index contributed by atoms with van der Waals surface area (Å²) in [5.41, 5.74) is 2.04. The van der Waals surface area contributed by atoms with Crippen LogP contribution in [-0.4, -0.2) is 12.1 Å². The third-order valence-corrected chi connectivity index (χ3v) is 4.87. The van der Waals surface area contributed by atoms with Gasteiger partial charge in [0.15, 0.2) is 0 Å². The molecule has 0 spiro atoms. The van der Waals surface area contributed by atoms with E-state index in [0.717, 1.165) is 24.3 Å². The molecule has 0 heterocycles. The first-order valence-electron chi connectivity index (χ1n) is 8.38. The molecule has 0 aromatic carbocycles. The molecule has 0 aliphatic heterocycles. The predicted octanol–water partition coefficient (Wildman–Crippen LogP) is 5.42. The molecule has 1 saturated carbocycles. The van der Waals surface area contributed by atoms with Crippen molar-refractivity contribution in [1.82, 2.24) is 5.32 Å². The van der Waals surface area contributed by atoms with Gasteiger partial charge in [0, 0.05) is 5.54 Å². The van der Waals surface area contributed by atoms with Gasteiger partial charge in [-0.05, 0) is 83.1 Å². The molecule has 0 amide bonds. The summed E-state index contributed by atoms with van der Waals surface area (Å²) in [7, 11) is 0. The molecule has 1 N–H and O–H groups in total. The molecule has 0 bridgehead atoms. The van der Waals surface area contributed by atoms with E-state index in [9.17, 15) is 0 Å². The molecule has 1 aliphatic rings. The molecule has 1 fully saturated rings. The van der Waals surface area contributed by atoms with Crippen LogP contribution in [0, 0.1) is 23.2 Å². The summed E-state index contributed by atoms with van der Waals surface area (Å²) >= 11 is 0. The fourth-order valence-electron chi connectivity index (χ4n) is 3.52. The number of hydrogen-bond donors (Lipinski definition) is 1. The van der Waals surface area contributed by atoms with Crippen LogP contribution in [-0.2, 0) is 0 Å². The molecular formula is C19H37N. The van der Waals surface area contributed by atoms with Crippen LogP contribution in [0.1, 0.15) is 74.1 Å². The maximum absolute atomic E-state index is 4.16. The van der Waals surface area contributed by atoms with Gasteiger partial charge in [0.2, 0.25) is 0 Å². The van der Waals surface area contributed by atoms with Gasteiger partial charge in [0.25, 0.3) is 0 Å². The number of hydrogen-bond acceptors (Lipinski definition) is 1. The first kappa shape index (κ1) is 17.8. The summed E-state index contributed by atoms with van der Waals surface area (Å²) in [6.45, 7) is 21.5. The molecule has 0 aromatic heterocycles. The van der Waals surface area contributed by atoms with Gasteiger partial charge in [0.05, 0.1) is 0 Å². The maximum Gasteiger partial charge on any atom is 0.00966 e. The highest BCUT2D eigenvalue weighted by atomic mass is 14.9. The topological polar surface area (TPSA) is 12.0 Å². The molecule has 3 atom stereocenters. The Morgan fingerprint density at radius 2 is 1.65 bits per heavy atom. The van der Waals surface area contributed by atoms with Crippen molar-refractivity contribution in [3.8, 4) is 0 Å². The minimum atomic E-state index is 0.231. The molecule has 3 unspecified atom stereocenters. The van der Waals surface area contributed by atoms with Gasteiger partial charge < -0.3 is 5.32 Å². The smallest absolute Gasteiger partial charge is 0.00966 e. The van der Waals surface area contributed by atoms with Gasteiger partial charge in [-0.25, -0.2) is 0 Å². The SMILES string of the molecule is C=C(C)CC1CC(C(C)(C)C)CCC1CNC(C)(C)C. The second-order valence-corrected chi connectivity index (χ2v) is 9.19. The predicted molar refractivity (Wildman–Crippen MR) is 91.0 cm³/mol. The highest BCUT2D eigenvalue weighted by Gasteiger charge is 2.35. The summed E-state index contributed by atoms with van der Waals surface area (Å²) < 4.78 is 0. The molecule has 118 valence electrons. The molecule has 1 nitrogen and oxygen atoms in total. The van der Waals surface area contributed by atoms with Crippen molar-refractivity contribution >= 4 is 0 Å². The standard InChI is InChI=1S/C19H37N/c1-14(2)11-16-12-17(18(3,4)5)10-9-15(16)13-20-19(6,7)8/h15-17,20H,1,9-13H2,2-8H3.